The predicted octanol–water partition coefficient (Wildman–Crippen LogP) is 3.40. The molecule has 1 atom stereocenters. The van der Waals surface area contributed by atoms with Crippen LogP contribution in [0.15, 0.2) is 29.9 Å². The maximum atomic E-state index is 6.12. The van der Waals surface area contributed by atoms with Gasteiger partial charge in [0.2, 0.25) is 0 Å². The molecule has 90 valence electrons. The molecule has 2 N–H and O–H groups in total. The molecule has 2 aromatic rings. The molecule has 0 aliphatic heterocycles. The summed E-state index contributed by atoms with van der Waals surface area (Å²) in [5.41, 5.74) is 8.56. The minimum Gasteiger partial charge on any atom is -0.486 e. The van der Waals surface area contributed by atoms with E-state index in [2.05, 4.69) is 4.98 Å². The van der Waals surface area contributed by atoms with Crippen molar-refractivity contribution in [2.75, 3.05) is 0 Å². The van der Waals surface area contributed by atoms with E-state index in [1.54, 1.807) is 23.0 Å². The average molecular weight is 269 g/mol. The number of ether oxygens (including phenoxy) is 1. The minimum atomic E-state index is -0.0250. The van der Waals surface area contributed by atoms with E-state index in [0.717, 1.165) is 10.4 Å². The van der Waals surface area contributed by atoms with E-state index < -0.39 is 0 Å². The second kappa shape index (κ2) is 5.49. The van der Waals surface area contributed by atoms with Gasteiger partial charge < -0.3 is 10.5 Å². The molecular weight excluding hydrogens is 256 g/mol. The molecule has 0 radical (unpaired) electrons. The van der Waals surface area contributed by atoms with Crippen molar-refractivity contribution < 1.29 is 4.74 Å². The van der Waals surface area contributed by atoms with Crippen molar-refractivity contribution >= 4 is 22.9 Å². The summed E-state index contributed by atoms with van der Waals surface area (Å²) < 4.78 is 5.61. The molecule has 0 aliphatic rings. The number of benzene rings is 1. The third-order valence-electron chi connectivity index (χ3n) is 2.34. The van der Waals surface area contributed by atoms with Crippen molar-refractivity contribution in [2.24, 2.45) is 5.73 Å². The molecule has 17 heavy (non-hydrogen) atoms. The van der Waals surface area contributed by atoms with Crippen LogP contribution < -0.4 is 10.5 Å². The molecule has 2 rings (SSSR count). The Morgan fingerprint density at radius 3 is 2.94 bits per heavy atom. The van der Waals surface area contributed by atoms with E-state index in [-0.39, 0.29) is 6.04 Å². The molecular formula is C12H13ClN2OS. The Kier molecular flexibility index (Phi) is 3.99. The minimum absolute atomic E-state index is 0.0250. The van der Waals surface area contributed by atoms with Crippen molar-refractivity contribution in [2.45, 2.75) is 19.6 Å². The van der Waals surface area contributed by atoms with Crippen LogP contribution in [0.2, 0.25) is 5.02 Å². The average Bonchev–Trinajstić information content (AvgIpc) is 2.80. The van der Waals surface area contributed by atoms with E-state index in [1.165, 1.54) is 0 Å². The topological polar surface area (TPSA) is 48.1 Å². The Labute approximate surface area is 109 Å². The lowest BCUT2D eigenvalue weighted by Gasteiger charge is -2.10. The predicted molar refractivity (Wildman–Crippen MR) is 70.5 cm³/mol. The van der Waals surface area contributed by atoms with Gasteiger partial charge in [0.05, 0.1) is 15.4 Å². The smallest absolute Gasteiger partial charge is 0.138 e. The normalized spacial score (nSPS) is 12.4. The van der Waals surface area contributed by atoms with Gasteiger partial charge in [0.25, 0.3) is 0 Å². The number of nitrogens with zero attached hydrogens (tertiary/aromatic N) is 1. The second-order valence-corrected chi connectivity index (χ2v) is 5.11. The summed E-state index contributed by atoms with van der Waals surface area (Å²) in [5.74, 6) is 0.671. The first-order chi connectivity index (χ1) is 8.16. The molecule has 0 fully saturated rings. The lowest BCUT2D eigenvalue weighted by molar-refractivity contribution is 0.309. The van der Waals surface area contributed by atoms with Gasteiger partial charge in [-0.3, -0.25) is 4.98 Å². The Morgan fingerprint density at radius 2 is 2.35 bits per heavy atom. The number of aromatic nitrogens is 1. The SMILES string of the molecule is C[C@H](N)c1ccc(OCc2cncs2)c(Cl)c1. The largest absolute Gasteiger partial charge is 0.486 e. The quantitative estimate of drug-likeness (QED) is 0.925. The Morgan fingerprint density at radius 1 is 1.53 bits per heavy atom. The van der Waals surface area contributed by atoms with Gasteiger partial charge in [-0.2, -0.15) is 0 Å². The van der Waals surface area contributed by atoms with Crippen LogP contribution in [0.3, 0.4) is 0 Å². The van der Waals surface area contributed by atoms with E-state index >= 15 is 0 Å². The van der Waals surface area contributed by atoms with Crippen LogP contribution in [0.25, 0.3) is 0 Å². The van der Waals surface area contributed by atoms with Crippen molar-refractivity contribution in [3.05, 3.63) is 45.4 Å². The Balaban J connectivity index is 2.06. The van der Waals surface area contributed by atoms with Crippen LogP contribution in [0.5, 0.6) is 5.75 Å². The molecule has 1 aromatic heterocycles. The standard InChI is InChI=1S/C12H13ClN2OS/c1-8(14)9-2-3-12(11(13)4-9)16-6-10-5-15-7-17-10/h2-5,7-8H,6,14H2,1H3/t8-/m0/s1. The van der Waals surface area contributed by atoms with Gasteiger partial charge in [-0.1, -0.05) is 17.7 Å². The molecule has 0 saturated carbocycles. The number of hydrogen-bond donors (Lipinski definition) is 1. The van der Waals surface area contributed by atoms with Crippen LogP contribution in [0, 0.1) is 0 Å². The van der Waals surface area contributed by atoms with Crippen molar-refractivity contribution in [1.29, 1.82) is 0 Å². The highest BCUT2D eigenvalue weighted by atomic mass is 35.5. The maximum absolute atomic E-state index is 6.12. The molecule has 1 aromatic carbocycles. The molecule has 0 unspecified atom stereocenters. The van der Waals surface area contributed by atoms with Crippen molar-refractivity contribution in [3.63, 3.8) is 0 Å². The summed E-state index contributed by atoms with van der Waals surface area (Å²) >= 11 is 7.68. The van der Waals surface area contributed by atoms with E-state index in [1.807, 2.05) is 25.1 Å². The maximum Gasteiger partial charge on any atom is 0.138 e. The third-order valence-corrected chi connectivity index (χ3v) is 3.38. The zero-order valence-electron chi connectivity index (χ0n) is 9.39. The first-order valence-electron chi connectivity index (χ1n) is 5.22. The summed E-state index contributed by atoms with van der Waals surface area (Å²) in [6, 6.07) is 5.59. The first kappa shape index (κ1) is 12.4. The zero-order valence-corrected chi connectivity index (χ0v) is 11.0. The molecule has 3 nitrogen and oxygen atoms in total. The van der Waals surface area contributed by atoms with Gasteiger partial charge in [-0.15, -0.1) is 11.3 Å². The fourth-order valence-electron chi connectivity index (χ4n) is 1.38. The molecule has 0 saturated heterocycles. The molecule has 0 spiro atoms. The Hall–Kier alpha value is -1.10. The zero-order chi connectivity index (χ0) is 12.3. The molecule has 0 amide bonds. The number of nitrogens with two attached hydrogens (primary N) is 1. The molecule has 1 heterocycles. The lowest BCUT2D eigenvalue weighted by atomic mass is 10.1. The van der Waals surface area contributed by atoms with Crippen LogP contribution in [0.1, 0.15) is 23.4 Å². The number of halogens is 1. The number of thiazole rings is 1. The van der Waals surface area contributed by atoms with Gasteiger partial charge in [0.1, 0.15) is 12.4 Å². The van der Waals surface area contributed by atoms with Gasteiger partial charge in [-0.05, 0) is 24.6 Å². The molecule has 5 heteroatoms. The summed E-state index contributed by atoms with van der Waals surface area (Å²) in [5, 5.41) is 0.587. The second-order valence-electron chi connectivity index (χ2n) is 3.73. The summed E-state index contributed by atoms with van der Waals surface area (Å²) in [6.07, 6.45) is 1.79. The fraction of sp³-hybridized carbons (Fsp3) is 0.250. The van der Waals surface area contributed by atoms with Crippen LogP contribution in [-0.2, 0) is 6.61 Å². The van der Waals surface area contributed by atoms with Gasteiger partial charge in [-0.25, -0.2) is 0 Å². The van der Waals surface area contributed by atoms with Crippen molar-refractivity contribution in [3.8, 4) is 5.75 Å². The first-order valence-corrected chi connectivity index (χ1v) is 6.48. The highest BCUT2D eigenvalue weighted by molar-refractivity contribution is 7.09. The summed E-state index contributed by atoms with van der Waals surface area (Å²) in [4.78, 5) is 5.05. The van der Waals surface area contributed by atoms with Crippen molar-refractivity contribution in [1.82, 2.24) is 4.98 Å². The molecule has 0 aliphatic carbocycles. The highest BCUT2D eigenvalue weighted by Gasteiger charge is 2.06. The number of rotatable bonds is 4. The van der Waals surface area contributed by atoms with Crippen LogP contribution in [-0.4, -0.2) is 4.98 Å². The van der Waals surface area contributed by atoms with Crippen LogP contribution in [0.4, 0.5) is 0 Å². The molecule has 0 bridgehead atoms. The van der Waals surface area contributed by atoms with Gasteiger partial charge in [0.15, 0.2) is 0 Å². The monoisotopic (exact) mass is 268 g/mol. The number of hydrogen-bond acceptors (Lipinski definition) is 4. The van der Waals surface area contributed by atoms with E-state index in [4.69, 9.17) is 22.1 Å². The van der Waals surface area contributed by atoms with E-state index in [9.17, 15) is 0 Å². The summed E-state index contributed by atoms with van der Waals surface area (Å²) in [6.45, 7) is 2.41. The fourth-order valence-corrected chi connectivity index (χ4v) is 2.13. The summed E-state index contributed by atoms with van der Waals surface area (Å²) in [7, 11) is 0. The van der Waals surface area contributed by atoms with Gasteiger partial charge >= 0.3 is 0 Å². The Bertz CT molecular complexity index is 485. The van der Waals surface area contributed by atoms with Crippen LogP contribution >= 0.6 is 22.9 Å². The lowest BCUT2D eigenvalue weighted by Crippen LogP contribution is -2.05. The van der Waals surface area contributed by atoms with E-state index in [0.29, 0.717) is 17.4 Å². The highest BCUT2D eigenvalue weighted by Crippen LogP contribution is 2.28. The third kappa shape index (κ3) is 3.19. The van der Waals surface area contributed by atoms with Gasteiger partial charge in [0, 0.05) is 12.2 Å².